The van der Waals surface area contributed by atoms with Gasteiger partial charge in [-0.3, -0.25) is 9.52 Å². The van der Waals surface area contributed by atoms with Gasteiger partial charge >= 0.3 is 0 Å². The van der Waals surface area contributed by atoms with Crippen LogP contribution in [-0.4, -0.2) is 35.1 Å². The molecule has 0 aliphatic rings. The molecule has 154 valence electrons. The van der Waals surface area contributed by atoms with Gasteiger partial charge in [-0.1, -0.05) is 0 Å². The standard InChI is InChI=1S/C18H23N3O5S.ClH/c1-25-15-8-5-13(6-9-15)21-27(23,24)17-12-14(7-10-16(17)26-2)20-18(22)4-3-11-19;/h5-10,12,21H,3-4,11,19H2,1-2H3,(H,20,22);1H. The van der Waals surface area contributed by atoms with E-state index in [1.54, 1.807) is 30.3 Å². The number of benzene rings is 2. The summed E-state index contributed by atoms with van der Waals surface area (Å²) in [5.41, 5.74) is 6.11. The van der Waals surface area contributed by atoms with Crippen LogP contribution in [0.15, 0.2) is 47.4 Å². The van der Waals surface area contributed by atoms with Crippen LogP contribution in [0.3, 0.4) is 0 Å². The molecule has 1 amide bonds. The fourth-order valence-corrected chi connectivity index (χ4v) is 3.57. The lowest BCUT2D eigenvalue weighted by atomic mass is 10.2. The highest BCUT2D eigenvalue weighted by Crippen LogP contribution is 2.29. The zero-order valence-electron chi connectivity index (χ0n) is 15.6. The largest absolute Gasteiger partial charge is 0.497 e. The Bertz CT molecular complexity index is 889. The minimum Gasteiger partial charge on any atom is -0.497 e. The van der Waals surface area contributed by atoms with E-state index >= 15 is 0 Å². The smallest absolute Gasteiger partial charge is 0.265 e. The van der Waals surface area contributed by atoms with Gasteiger partial charge < -0.3 is 20.5 Å². The van der Waals surface area contributed by atoms with E-state index in [4.69, 9.17) is 15.2 Å². The van der Waals surface area contributed by atoms with E-state index in [0.717, 1.165) is 0 Å². The molecule has 28 heavy (non-hydrogen) atoms. The molecule has 0 spiro atoms. The molecule has 0 aliphatic carbocycles. The number of sulfonamides is 1. The first-order chi connectivity index (χ1) is 12.9. The Labute approximate surface area is 170 Å². The van der Waals surface area contributed by atoms with Gasteiger partial charge in [0.05, 0.1) is 14.2 Å². The van der Waals surface area contributed by atoms with E-state index in [0.29, 0.717) is 30.1 Å². The van der Waals surface area contributed by atoms with Crippen LogP contribution in [0, 0.1) is 0 Å². The van der Waals surface area contributed by atoms with Gasteiger partial charge in [0.1, 0.15) is 16.4 Å². The molecule has 8 nitrogen and oxygen atoms in total. The number of nitrogens with one attached hydrogen (secondary N) is 2. The van der Waals surface area contributed by atoms with Crippen molar-refractivity contribution in [3.05, 3.63) is 42.5 Å². The lowest BCUT2D eigenvalue weighted by Gasteiger charge is -2.14. The number of amides is 1. The molecule has 0 fully saturated rings. The fourth-order valence-electron chi connectivity index (χ4n) is 2.32. The highest BCUT2D eigenvalue weighted by atomic mass is 35.5. The first-order valence-electron chi connectivity index (χ1n) is 8.24. The number of anilines is 2. The van der Waals surface area contributed by atoms with Crippen LogP contribution in [0.5, 0.6) is 11.5 Å². The van der Waals surface area contributed by atoms with Crippen LogP contribution in [0.1, 0.15) is 12.8 Å². The molecule has 2 aromatic rings. The third-order valence-corrected chi connectivity index (χ3v) is 5.09. The summed E-state index contributed by atoms with van der Waals surface area (Å²) in [6.45, 7) is 0.404. The van der Waals surface area contributed by atoms with Gasteiger partial charge in [0, 0.05) is 17.8 Å². The molecule has 0 aliphatic heterocycles. The predicted molar refractivity (Wildman–Crippen MR) is 111 cm³/mol. The minimum atomic E-state index is -3.94. The van der Waals surface area contributed by atoms with Crippen LogP contribution < -0.4 is 25.2 Å². The lowest BCUT2D eigenvalue weighted by Crippen LogP contribution is -2.16. The van der Waals surface area contributed by atoms with E-state index < -0.39 is 10.0 Å². The molecule has 2 rings (SSSR count). The normalized spacial score (nSPS) is 10.5. The third-order valence-electron chi connectivity index (χ3n) is 3.69. The SMILES string of the molecule is COc1ccc(NS(=O)(=O)c2cc(NC(=O)CCCN)ccc2OC)cc1.Cl. The van der Waals surface area contributed by atoms with Gasteiger partial charge in [-0.2, -0.15) is 0 Å². The number of hydrogen-bond acceptors (Lipinski definition) is 6. The van der Waals surface area contributed by atoms with E-state index in [1.165, 1.54) is 26.4 Å². The number of carbonyl (C=O) groups excluding carboxylic acids is 1. The summed E-state index contributed by atoms with van der Waals surface area (Å²) in [5, 5.41) is 2.66. The van der Waals surface area contributed by atoms with Gasteiger partial charge in [-0.15, -0.1) is 12.4 Å². The zero-order chi connectivity index (χ0) is 19.9. The fraction of sp³-hybridized carbons (Fsp3) is 0.278. The van der Waals surface area contributed by atoms with Gasteiger partial charge in [0.15, 0.2) is 0 Å². The molecule has 0 radical (unpaired) electrons. The molecule has 4 N–H and O–H groups in total. The summed E-state index contributed by atoms with van der Waals surface area (Å²) < 4.78 is 38.3. The van der Waals surface area contributed by atoms with Crippen molar-refractivity contribution >= 4 is 39.7 Å². The van der Waals surface area contributed by atoms with E-state index in [1.807, 2.05) is 0 Å². The average Bonchev–Trinajstić information content (AvgIpc) is 2.66. The number of nitrogens with two attached hydrogens (primary N) is 1. The van der Waals surface area contributed by atoms with E-state index in [2.05, 4.69) is 10.0 Å². The molecule has 0 heterocycles. The van der Waals surface area contributed by atoms with Crippen molar-refractivity contribution in [2.24, 2.45) is 5.73 Å². The summed E-state index contributed by atoms with van der Waals surface area (Å²) in [7, 11) is -1.04. The molecular formula is C18H24ClN3O5S. The zero-order valence-corrected chi connectivity index (χ0v) is 17.2. The minimum absolute atomic E-state index is 0. The maximum absolute atomic E-state index is 12.8. The van der Waals surface area contributed by atoms with Crippen molar-refractivity contribution in [2.75, 3.05) is 30.8 Å². The van der Waals surface area contributed by atoms with E-state index in [9.17, 15) is 13.2 Å². The van der Waals surface area contributed by atoms with Crippen LogP contribution in [-0.2, 0) is 14.8 Å². The van der Waals surface area contributed by atoms with Gasteiger partial charge in [-0.25, -0.2) is 8.42 Å². The molecule has 0 bridgehead atoms. The molecule has 2 aromatic carbocycles. The highest BCUT2D eigenvalue weighted by molar-refractivity contribution is 7.92. The van der Waals surface area contributed by atoms with Crippen molar-refractivity contribution in [2.45, 2.75) is 17.7 Å². The second-order valence-electron chi connectivity index (χ2n) is 5.64. The maximum atomic E-state index is 12.8. The van der Waals surface area contributed by atoms with Crippen molar-refractivity contribution in [3.63, 3.8) is 0 Å². The molecular weight excluding hydrogens is 406 g/mol. The Morgan fingerprint density at radius 2 is 1.68 bits per heavy atom. The van der Waals surface area contributed by atoms with Crippen molar-refractivity contribution in [1.29, 1.82) is 0 Å². The van der Waals surface area contributed by atoms with Crippen LogP contribution in [0.25, 0.3) is 0 Å². The lowest BCUT2D eigenvalue weighted by molar-refractivity contribution is -0.116. The molecule has 0 aromatic heterocycles. The molecule has 0 saturated carbocycles. The number of rotatable bonds is 9. The number of carbonyl (C=O) groups is 1. The van der Waals surface area contributed by atoms with Crippen LogP contribution >= 0.6 is 12.4 Å². The molecule has 0 atom stereocenters. The second-order valence-corrected chi connectivity index (χ2v) is 7.29. The third kappa shape index (κ3) is 6.29. The maximum Gasteiger partial charge on any atom is 0.265 e. The van der Waals surface area contributed by atoms with Crippen LogP contribution in [0.2, 0.25) is 0 Å². The van der Waals surface area contributed by atoms with Crippen molar-refractivity contribution < 1.29 is 22.7 Å². The monoisotopic (exact) mass is 429 g/mol. The summed E-state index contributed by atoms with van der Waals surface area (Å²) in [4.78, 5) is 11.8. The molecule has 0 saturated heterocycles. The Morgan fingerprint density at radius 3 is 2.25 bits per heavy atom. The van der Waals surface area contributed by atoms with Gasteiger partial charge in [0.2, 0.25) is 5.91 Å². The van der Waals surface area contributed by atoms with Crippen LogP contribution in [0.4, 0.5) is 11.4 Å². The first kappa shape index (κ1) is 23.5. The van der Waals surface area contributed by atoms with Gasteiger partial charge in [0.25, 0.3) is 10.0 Å². The van der Waals surface area contributed by atoms with Crippen molar-refractivity contribution in [1.82, 2.24) is 0 Å². The molecule has 10 heteroatoms. The quantitative estimate of drug-likeness (QED) is 0.563. The highest BCUT2D eigenvalue weighted by Gasteiger charge is 2.21. The Kier molecular flexibility index (Phi) is 9.04. The Hall–Kier alpha value is -2.49. The van der Waals surface area contributed by atoms with Gasteiger partial charge in [-0.05, 0) is 55.4 Å². The summed E-state index contributed by atoms with van der Waals surface area (Å²) in [6.07, 6.45) is 0.806. The number of methoxy groups -OCH3 is 2. The number of hydrogen-bond donors (Lipinski definition) is 3. The van der Waals surface area contributed by atoms with Crippen molar-refractivity contribution in [3.8, 4) is 11.5 Å². The average molecular weight is 430 g/mol. The topological polar surface area (TPSA) is 120 Å². The van der Waals surface area contributed by atoms with E-state index in [-0.39, 0.29) is 35.4 Å². The molecule has 0 unspecified atom stereocenters. The second kappa shape index (κ2) is 10.7. The number of halogens is 1. The summed E-state index contributed by atoms with van der Waals surface area (Å²) >= 11 is 0. The Balaban J connectivity index is 0.00000392. The predicted octanol–water partition coefficient (Wildman–Crippen LogP) is 2.60. The summed E-state index contributed by atoms with van der Waals surface area (Å²) in [5.74, 6) is 0.533. The first-order valence-corrected chi connectivity index (χ1v) is 9.72. The number of ether oxygens (including phenoxy) is 2. The summed E-state index contributed by atoms with van der Waals surface area (Å²) in [6, 6.07) is 10.9. The Morgan fingerprint density at radius 1 is 1.04 bits per heavy atom.